The van der Waals surface area contributed by atoms with Crippen LogP contribution >= 0.6 is 11.3 Å². The fourth-order valence-corrected chi connectivity index (χ4v) is 3.36. The molecular weight excluding hydrogens is 394 g/mol. The van der Waals surface area contributed by atoms with Crippen LogP contribution in [0.3, 0.4) is 0 Å². The fraction of sp³-hybridized carbons (Fsp3) is 0.222. The molecule has 1 amide bonds. The normalized spacial score (nSPS) is 11.7. The van der Waals surface area contributed by atoms with Crippen LogP contribution in [-0.4, -0.2) is 45.4 Å². The van der Waals surface area contributed by atoms with Gasteiger partial charge in [0.25, 0.3) is 11.6 Å². The molecule has 150 valence electrons. The molecule has 11 heteroatoms. The predicted octanol–water partition coefficient (Wildman–Crippen LogP) is 1.85. The number of nitrogens with two attached hydrogens (primary N) is 1. The summed E-state index contributed by atoms with van der Waals surface area (Å²) in [6.45, 7) is 0.230. The summed E-state index contributed by atoms with van der Waals surface area (Å²) in [5.74, 6) is 0.221. The number of nitrogens with one attached hydrogen (secondary N) is 2. The Morgan fingerprint density at radius 1 is 1.21 bits per heavy atom. The number of nitro benzene ring substituents is 1. The number of non-ortho nitro benzene ring substituents is 1. The van der Waals surface area contributed by atoms with Crippen LogP contribution in [0.4, 0.5) is 11.6 Å². The first-order chi connectivity index (χ1) is 14.0. The molecule has 0 radical (unpaired) electrons. The third kappa shape index (κ3) is 5.09. The van der Waals surface area contributed by atoms with Gasteiger partial charge >= 0.3 is 0 Å². The zero-order chi connectivity index (χ0) is 20.8. The van der Waals surface area contributed by atoms with Crippen LogP contribution < -0.4 is 16.4 Å². The summed E-state index contributed by atoms with van der Waals surface area (Å²) in [4.78, 5) is 35.8. The van der Waals surface area contributed by atoms with E-state index in [2.05, 4.69) is 25.6 Å². The van der Waals surface area contributed by atoms with Crippen molar-refractivity contribution in [2.45, 2.75) is 12.5 Å². The van der Waals surface area contributed by atoms with Crippen LogP contribution in [0.5, 0.6) is 0 Å². The summed E-state index contributed by atoms with van der Waals surface area (Å²) >= 11 is 1.23. The van der Waals surface area contributed by atoms with Gasteiger partial charge in [-0.1, -0.05) is 12.1 Å². The number of aromatic nitrogens is 3. The number of nitro groups is 1. The number of thiazole rings is 1. The summed E-state index contributed by atoms with van der Waals surface area (Å²) < 4.78 is 0. The maximum Gasteiger partial charge on any atom is 0.269 e. The summed E-state index contributed by atoms with van der Waals surface area (Å²) in [6.07, 6.45) is 5.24. The van der Waals surface area contributed by atoms with Gasteiger partial charge in [0.15, 0.2) is 0 Å². The molecular formula is C18H19N7O3S. The summed E-state index contributed by atoms with van der Waals surface area (Å²) in [7, 11) is 1.73. The highest BCUT2D eigenvalue weighted by Crippen LogP contribution is 2.24. The molecule has 1 aromatic carbocycles. The van der Waals surface area contributed by atoms with Crippen molar-refractivity contribution in [1.82, 2.24) is 20.3 Å². The van der Waals surface area contributed by atoms with Crippen molar-refractivity contribution < 1.29 is 9.72 Å². The molecule has 0 fully saturated rings. The van der Waals surface area contributed by atoms with Gasteiger partial charge in [0.05, 0.1) is 11.1 Å². The quantitative estimate of drug-likeness (QED) is 0.374. The van der Waals surface area contributed by atoms with Crippen molar-refractivity contribution in [2.75, 3.05) is 18.9 Å². The lowest BCUT2D eigenvalue weighted by atomic mass is 10.1. The lowest BCUT2D eigenvalue weighted by Gasteiger charge is -2.16. The number of nitrogens with zero attached hydrogens (tertiary/aromatic N) is 4. The van der Waals surface area contributed by atoms with E-state index in [0.717, 1.165) is 5.56 Å². The van der Waals surface area contributed by atoms with E-state index in [-0.39, 0.29) is 24.2 Å². The van der Waals surface area contributed by atoms with Gasteiger partial charge in [0, 0.05) is 49.7 Å². The van der Waals surface area contributed by atoms with E-state index >= 15 is 0 Å². The molecule has 10 nitrogen and oxygen atoms in total. The Hall–Kier alpha value is -3.44. The van der Waals surface area contributed by atoms with Crippen LogP contribution in [0.1, 0.15) is 15.2 Å². The van der Waals surface area contributed by atoms with E-state index in [9.17, 15) is 14.9 Å². The second-order valence-corrected chi connectivity index (χ2v) is 7.14. The van der Waals surface area contributed by atoms with Crippen LogP contribution in [0, 0.1) is 10.1 Å². The van der Waals surface area contributed by atoms with Crippen molar-refractivity contribution in [2.24, 2.45) is 5.73 Å². The second-order valence-electron chi connectivity index (χ2n) is 6.11. The number of hydrogen-bond donors (Lipinski definition) is 3. The third-order valence-electron chi connectivity index (χ3n) is 4.10. The molecule has 2 heterocycles. The maximum absolute atomic E-state index is 12.6. The van der Waals surface area contributed by atoms with Crippen LogP contribution in [0.15, 0.2) is 42.9 Å². The topological polar surface area (TPSA) is 149 Å². The van der Waals surface area contributed by atoms with Gasteiger partial charge in [0.1, 0.15) is 9.88 Å². The van der Waals surface area contributed by atoms with Crippen molar-refractivity contribution in [3.63, 3.8) is 0 Å². The lowest BCUT2D eigenvalue weighted by molar-refractivity contribution is -0.384. The summed E-state index contributed by atoms with van der Waals surface area (Å²) in [5, 5.41) is 17.1. The minimum absolute atomic E-state index is 0.0194. The highest BCUT2D eigenvalue weighted by molar-refractivity contribution is 7.16. The molecule has 0 aliphatic carbocycles. The van der Waals surface area contributed by atoms with E-state index in [1.807, 2.05) is 0 Å². The number of amides is 1. The van der Waals surface area contributed by atoms with E-state index in [0.29, 0.717) is 27.8 Å². The Morgan fingerprint density at radius 3 is 2.48 bits per heavy atom. The SMILES string of the molecule is CNc1ncc(-c2ncc(C(=O)NC(CN)Cc3ccc([N+](=O)[O-])cc3)s2)cn1. The summed E-state index contributed by atoms with van der Waals surface area (Å²) in [5.41, 5.74) is 7.37. The molecule has 3 rings (SSSR count). The zero-order valence-electron chi connectivity index (χ0n) is 15.5. The molecule has 29 heavy (non-hydrogen) atoms. The van der Waals surface area contributed by atoms with Crippen molar-refractivity contribution >= 4 is 28.9 Å². The summed E-state index contributed by atoms with van der Waals surface area (Å²) in [6, 6.07) is 5.87. The highest BCUT2D eigenvalue weighted by atomic mass is 32.1. The number of rotatable bonds is 8. The Morgan fingerprint density at radius 2 is 1.90 bits per heavy atom. The second kappa shape index (κ2) is 9.17. The molecule has 0 saturated carbocycles. The van der Waals surface area contributed by atoms with Gasteiger partial charge in [0.2, 0.25) is 5.95 Å². The first kappa shape index (κ1) is 20.3. The number of anilines is 1. The van der Waals surface area contributed by atoms with Gasteiger partial charge in [-0.3, -0.25) is 14.9 Å². The van der Waals surface area contributed by atoms with Gasteiger partial charge in [-0.25, -0.2) is 15.0 Å². The predicted molar refractivity (Wildman–Crippen MR) is 110 cm³/mol. The molecule has 4 N–H and O–H groups in total. The molecule has 2 aromatic heterocycles. The van der Waals surface area contributed by atoms with Crippen molar-refractivity contribution in [3.8, 4) is 10.6 Å². The molecule has 0 spiro atoms. The number of hydrogen-bond acceptors (Lipinski definition) is 9. The van der Waals surface area contributed by atoms with E-state index in [1.54, 1.807) is 31.6 Å². The number of carbonyl (C=O) groups is 1. The fourth-order valence-electron chi connectivity index (χ4n) is 2.57. The van der Waals surface area contributed by atoms with Gasteiger partial charge in [-0.2, -0.15) is 0 Å². The maximum atomic E-state index is 12.6. The van der Waals surface area contributed by atoms with Crippen LogP contribution in [-0.2, 0) is 6.42 Å². The van der Waals surface area contributed by atoms with Crippen LogP contribution in [0.25, 0.3) is 10.6 Å². The monoisotopic (exact) mass is 413 g/mol. The third-order valence-corrected chi connectivity index (χ3v) is 5.15. The van der Waals surface area contributed by atoms with Gasteiger partial charge in [-0.15, -0.1) is 11.3 Å². The smallest absolute Gasteiger partial charge is 0.269 e. The van der Waals surface area contributed by atoms with E-state index < -0.39 is 4.92 Å². The zero-order valence-corrected chi connectivity index (χ0v) is 16.3. The van der Waals surface area contributed by atoms with Gasteiger partial charge in [-0.05, 0) is 12.0 Å². The van der Waals surface area contributed by atoms with E-state index in [4.69, 9.17) is 5.73 Å². The largest absolute Gasteiger partial charge is 0.357 e. The Kier molecular flexibility index (Phi) is 6.42. The highest BCUT2D eigenvalue weighted by Gasteiger charge is 2.17. The molecule has 1 atom stereocenters. The Labute approximate surface area is 170 Å². The number of carbonyl (C=O) groups excluding carboxylic acids is 1. The number of benzene rings is 1. The average Bonchev–Trinajstić information content (AvgIpc) is 3.24. The lowest BCUT2D eigenvalue weighted by Crippen LogP contribution is -2.41. The first-order valence-corrected chi connectivity index (χ1v) is 9.52. The molecule has 1 unspecified atom stereocenters. The van der Waals surface area contributed by atoms with Crippen LogP contribution in [0.2, 0.25) is 0 Å². The minimum Gasteiger partial charge on any atom is -0.357 e. The molecule has 0 aliphatic rings. The average molecular weight is 413 g/mol. The van der Waals surface area contributed by atoms with Gasteiger partial charge < -0.3 is 16.4 Å². The van der Waals surface area contributed by atoms with Crippen molar-refractivity contribution in [3.05, 3.63) is 63.4 Å². The van der Waals surface area contributed by atoms with Crippen molar-refractivity contribution in [1.29, 1.82) is 0 Å². The molecule has 0 aliphatic heterocycles. The molecule has 0 saturated heterocycles. The standard InChI is InChI=1S/C18H19N7O3S/c1-20-18-22-8-12(9-23-18)17-21-10-15(29-17)16(26)24-13(7-19)6-11-2-4-14(5-3-11)25(27)28/h2-5,8-10,13H,6-7,19H2,1H3,(H,24,26)(H,20,22,23). The van der Waals surface area contributed by atoms with E-state index in [1.165, 1.54) is 29.7 Å². The molecule has 3 aromatic rings. The Bertz CT molecular complexity index is 989. The Balaban J connectivity index is 1.64. The molecule has 0 bridgehead atoms. The minimum atomic E-state index is -0.454. The first-order valence-electron chi connectivity index (χ1n) is 8.70.